The van der Waals surface area contributed by atoms with Crippen molar-refractivity contribution in [3.8, 4) is 0 Å². The summed E-state index contributed by atoms with van der Waals surface area (Å²) in [6.07, 6.45) is -2.81. The molecule has 1 aromatic carbocycles. The van der Waals surface area contributed by atoms with Crippen molar-refractivity contribution in [2.45, 2.75) is 6.17 Å². The molecule has 0 aliphatic carbocycles. The summed E-state index contributed by atoms with van der Waals surface area (Å²) in [7, 11) is 0. The summed E-state index contributed by atoms with van der Waals surface area (Å²) < 4.78 is 40.0. The van der Waals surface area contributed by atoms with Crippen molar-refractivity contribution in [3.63, 3.8) is 0 Å². The molecule has 6 heteroatoms. The Bertz CT molecular complexity index is 446. The summed E-state index contributed by atoms with van der Waals surface area (Å²) in [6.45, 7) is 0.0128. The third-order valence-corrected chi connectivity index (χ3v) is 2.87. The van der Waals surface area contributed by atoms with Crippen molar-refractivity contribution >= 4 is 6.09 Å². The Kier molecular flexibility index (Phi) is 2.95. The maximum atomic E-state index is 13.8. The standard InChI is InChI=1S/C11H10F3NO2/c12-8-3-1-2-7(10(8)14)9(13)6-4-15(5-6)11(16)17/h1-3,6,9H,4-5H2,(H,16,17). The number of hydrogen-bond acceptors (Lipinski definition) is 1. The lowest BCUT2D eigenvalue weighted by molar-refractivity contribution is 0.0394. The molecule has 0 aromatic heterocycles. The highest BCUT2D eigenvalue weighted by Crippen LogP contribution is 2.34. The smallest absolute Gasteiger partial charge is 0.407 e. The van der Waals surface area contributed by atoms with Gasteiger partial charge in [-0.2, -0.15) is 0 Å². The lowest BCUT2D eigenvalue weighted by Gasteiger charge is -2.38. The fraction of sp³-hybridized carbons (Fsp3) is 0.364. The molecule has 92 valence electrons. The van der Waals surface area contributed by atoms with Gasteiger partial charge < -0.3 is 10.0 Å². The Balaban J connectivity index is 2.09. The zero-order chi connectivity index (χ0) is 12.6. The maximum absolute atomic E-state index is 13.8. The van der Waals surface area contributed by atoms with Crippen LogP contribution in [-0.2, 0) is 0 Å². The van der Waals surface area contributed by atoms with Gasteiger partial charge in [0, 0.05) is 24.6 Å². The predicted molar refractivity (Wildman–Crippen MR) is 53.3 cm³/mol. The number of hydrogen-bond donors (Lipinski definition) is 1. The van der Waals surface area contributed by atoms with Crippen LogP contribution in [0, 0.1) is 17.6 Å². The van der Waals surface area contributed by atoms with Crippen LogP contribution in [0.4, 0.5) is 18.0 Å². The van der Waals surface area contributed by atoms with Crippen LogP contribution in [0.1, 0.15) is 11.7 Å². The van der Waals surface area contributed by atoms with Crippen molar-refractivity contribution < 1.29 is 23.1 Å². The van der Waals surface area contributed by atoms with Crippen molar-refractivity contribution in [3.05, 3.63) is 35.4 Å². The van der Waals surface area contributed by atoms with Gasteiger partial charge in [-0.1, -0.05) is 12.1 Å². The Labute approximate surface area is 95.5 Å². The lowest BCUT2D eigenvalue weighted by atomic mass is 9.90. The van der Waals surface area contributed by atoms with Crippen LogP contribution < -0.4 is 0 Å². The highest BCUT2D eigenvalue weighted by atomic mass is 19.2. The minimum atomic E-state index is -1.68. The Morgan fingerprint density at radius 1 is 1.41 bits per heavy atom. The first-order chi connectivity index (χ1) is 8.00. The van der Waals surface area contributed by atoms with Crippen LogP contribution in [0.15, 0.2) is 18.2 Å². The van der Waals surface area contributed by atoms with Gasteiger partial charge in [-0.05, 0) is 6.07 Å². The number of carbonyl (C=O) groups is 1. The highest BCUT2D eigenvalue weighted by molar-refractivity contribution is 5.66. The first-order valence-corrected chi connectivity index (χ1v) is 5.06. The molecule has 1 unspecified atom stereocenters. The molecule has 1 amide bonds. The number of benzene rings is 1. The van der Waals surface area contributed by atoms with E-state index in [1.165, 1.54) is 12.1 Å². The summed E-state index contributed by atoms with van der Waals surface area (Å²) in [6, 6.07) is 3.32. The van der Waals surface area contributed by atoms with Crippen LogP contribution in [-0.4, -0.2) is 29.2 Å². The SMILES string of the molecule is O=C(O)N1CC(C(F)c2cccc(F)c2F)C1. The zero-order valence-corrected chi connectivity index (χ0v) is 8.74. The van der Waals surface area contributed by atoms with Crippen LogP contribution >= 0.6 is 0 Å². The zero-order valence-electron chi connectivity index (χ0n) is 8.74. The van der Waals surface area contributed by atoms with E-state index >= 15 is 0 Å². The van der Waals surface area contributed by atoms with Crippen LogP contribution in [0.5, 0.6) is 0 Å². The molecular formula is C11H10F3NO2. The molecule has 1 N–H and O–H groups in total. The number of nitrogens with zero attached hydrogens (tertiary/aromatic N) is 1. The second-order valence-electron chi connectivity index (χ2n) is 3.99. The average Bonchev–Trinajstić information content (AvgIpc) is 2.19. The number of rotatable bonds is 2. The molecule has 2 rings (SSSR count). The Hall–Kier alpha value is -1.72. The van der Waals surface area contributed by atoms with Gasteiger partial charge >= 0.3 is 6.09 Å². The summed E-state index contributed by atoms with van der Waals surface area (Å²) in [4.78, 5) is 11.5. The monoisotopic (exact) mass is 245 g/mol. The number of alkyl halides is 1. The molecular weight excluding hydrogens is 235 g/mol. The van der Waals surface area contributed by atoms with E-state index in [4.69, 9.17) is 5.11 Å². The quantitative estimate of drug-likeness (QED) is 0.869. The van der Waals surface area contributed by atoms with E-state index in [0.29, 0.717) is 0 Å². The van der Waals surface area contributed by atoms with Crippen LogP contribution in [0.25, 0.3) is 0 Å². The lowest BCUT2D eigenvalue weighted by Crippen LogP contribution is -2.51. The topological polar surface area (TPSA) is 40.5 Å². The molecule has 1 aromatic rings. The molecule has 1 heterocycles. The van der Waals surface area contributed by atoms with E-state index < -0.39 is 29.8 Å². The fourth-order valence-corrected chi connectivity index (χ4v) is 1.84. The molecule has 1 atom stereocenters. The van der Waals surface area contributed by atoms with Crippen molar-refractivity contribution in [1.29, 1.82) is 0 Å². The van der Waals surface area contributed by atoms with Gasteiger partial charge in [0.15, 0.2) is 11.6 Å². The average molecular weight is 245 g/mol. The molecule has 1 fully saturated rings. The van der Waals surface area contributed by atoms with Gasteiger partial charge in [0.1, 0.15) is 6.17 Å². The third-order valence-electron chi connectivity index (χ3n) is 2.87. The number of carboxylic acid groups (broad SMARTS) is 1. The third kappa shape index (κ3) is 2.07. The summed E-state index contributed by atoms with van der Waals surface area (Å²) in [5, 5.41) is 8.57. The van der Waals surface area contributed by atoms with E-state index in [9.17, 15) is 18.0 Å². The minimum Gasteiger partial charge on any atom is -0.465 e. The normalized spacial score (nSPS) is 17.7. The fourth-order valence-electron chi connectivity index (χ4n) is 1.84. The number of halogens is 3. The van der Waals surface area contributed by atoms with Gasteiger partial charge in [-0.25, -0.2) is 18.0 Å². The Morgan fingerprint density at radius 3 is 2.65 bits per heavy atom. The summed E-state index contributed by atoms with van der Waals surface area (Å²) >= 11 is 0. The highest BCUT2D eigenvalue weighted by Gasteiger charge is 2.38. The first-order valence-electron chi connectivity index (χ1n) is 5.06. The molecule has 0 spiro atoms. The van der Waals surface area contributed by atoms with E-state index in [-0.39, 0.29) is 18.7 Å². The molecule has 0 bridgehead atoms. The van der Waals surface area contributed by atoms with Crippen LogP contribution in [0.3, 0.4) is 0 Å². The van der Waals surface area contributed by atoms with Gasteiger partial charge in [0.25, 0.3) is 0 Å². The molecule has 0 saturated carbocycles. The predicted octanol–water partition coefficient (Wildman–Crippen LogP) is 2.59. The molecule has 1 saturated heterocycles. The molecule has 17 heavy (non-hydrogen) atoms. The van der Waals surface area contributed by atoms with Gasteiger partial charge in [-0.3, -0.25) is 0 Å². The van der Waals surface area contributed by atoms with Gasteiger partial charge in [-0.15, -0.1) is 0 Å². The number of amides is 1. The van der Waals surface area contributed by atoms with Gasteiger partial charge in [0.2, 0.25) is 0 Å². The summed E-state index contributed by atoms with van der Waals surface area (Å²) in [5.41, 5.74) is -0.347. The second-order valence-corrected chi connectivity index (χ2v) is 3.99. The first kappa shape index (κ1) is 11.8. The second kappa shape index (κ2) is 4.27. The Morgan fingerprint density at radius 2 is 2.06 bits per heavy atom. The summed E-state index contributed by atoms with van der Waals surface area (Å²) in [5.74, 6) is -2.91. The van der Waals surface area contributed by atoms with E-state index in [1.54, 1.807) is 0 Å². The molecule has 1 aliphatic rings. The number of likely N-dealkylation sites (tertiary alicyclic amines) is 1. The van der Waals surface area contributed by atoms with Crippen LogP contribution in [0.2, 0.25) is 0 Å². The van der Waals surface area contributed by atoms with E-state index in [2.05, 4.69) is 0 Å². The van der Waals surface area contributed by atoms with E-state index in [0.717, 1.165) is 11.0 Å². The van der Waals surface area contributed by atoms with Gasteiger partial charge in [0.05, 0.1) is 0 Å². The minimum absolute atomic E-state index is 0.00640. The van der Waals surface area contributed by atoms with Crippen molar-refractivity contribution in [2.24, 2.45) is 5.92 Å². The molecule has 3 nitrogen and oxygen atoms in total. The molecule has 0 radical (unpaired) electrons. The van der Waals surface area contributed by atoms with Crippen molar-refractivity contribution in [1.82, 2.24) is 4.90 Å². The molecule has 1 aliphatic heterocycles. The maximum Gasteiger partial charge on any atom is 0.407 e. The largest absolute Gasteiger partial charge is 0.465 e. The van der Waals surface area contributed by atoms with E-state index in [1.807, 2.05) is 0 Å². The van der Waals surface area contributed by atoms with Crippen molar-refractivity contribution in [2.75, 3.05) is 13.1 Å².